The highest BCUT2D eigenvalue weighted by Crippen LogP contribution is 2.13. The van der Waals surface area contributed by atoms with E-state index in [1.165, 1.54) is 0 Å². The zero-order valence-electron chi connectivity index (χ0n) is 11.9. The van der Waals surface area contributed by atoms with Gasteiger partial charge in [0.05, 0.1) is 13.2 Å². The molecule has 0 aromatic heterocycles. The van der Waals surface area contributed by atoms with Gasteiger partial charge in [-0.25, -0.2) is 0 Å². The van der Waals surface area contributed by atoms with E-state index >= 15 is 0 Å². The van der Waals surface area contributed by atoms with Gasteiger partial charge in [0, 0.05) is 18.0 Å². The molecule has 1 rings (SSSR count). The van der Waals surface area contributed by atoms with Gasteiger partial charge in [0.15, 0.2) is 0 Å². The lowest BCUT2D eigenvalue weighted by atomic mass is 10.1. The summed E-state index contributed by atoms with van der Waals surface area (Å²) in [5.41, 5.74) is 1.06. The molecule has 0 amide bonds. The van der Waals surface area contributed by atoms with Crippen molar-refractivity contribution in [2.24, 2.45) is 5.92 Å². The molecule has 1 aromatic rings. The summed E-state index contributed by atoms with van der Waals surface area (Å²) < 4.78 is 5.71. The first-order valence-electron chi connectivity index (χ1n) is 6.48. The van der Waals surface area contributed by atoms with Crippen LogP contribution < -0.4 is 10.1 Å². The van der Waals surface area contributed by atoms with Crippen LogP contribution in [0, 0.1) is 5.92 Å². The second kappa shape index (κ2) is 6.76. The molecule has 1 unspecified atom stereocenters. The van der Waals surface area contributed by atoms with Crippen LogP contribution in [-0.2, 0) is 6.61 Å². The second-order valence-corrected chi connectivity index (χ2v) is 5.85. The van der Waals surface area contributed by atoms with Crippen molar-refractivity contribution >= 4 is 0 Å². The quantitative estimate of drug-likeness (QED) is 0.816. The van der Waals surface area contributed by atoms with Crippen molar-refractivity contribution in [2.45, 2.75) is 39.8 Å². The number of nitrogens with one attached hydrogen (secondary N) is 1. The molecule has 0 bridgehead atoms. The number of benzene rings is 1. The predicted molar refractivity (Wildman–Crippen MR) is 74.8 cm³/mol. The Labute approximate surface area is 110 Å². The SMILES string of the molecule is CC(CNC(C)(C)C)COc1ccc(CO)cc1. The van der Waals surface area contributed by atoms with Gasteiger partial charge in [0.2, 0.25) is 0 Å². The van der Waals surface area contributed by atoms with Gasteiger partial charge in [-0.05, 0) is 38.5 Å². The standard InChI is InChI=1S/C15H25NO2/c1-12(9-16-15(2,3)4)11-18-14-7-5-13(10-17)6-8-14/h5-8,12,16-17H,9-11H2,1-4H3. The Morgan fingerprint density at radius 3 is 2.33 bits per heavy atom. The molecule has 0 aliphatic heterocycles. The topological polar surface area (TPSA) is 41.5 Å². The molecule has 0 heterocycles. The number of ether oxygens (including phenoxy) is 1. The zero-order valence-corrected chi connectivity index (χ0v) is 11.9. The number of rotatable bonds is 6. The molecule has 0 fully saturated rings. The highest BCUT2D eigenvalue weighted by atomic mass is 16.5. The minimum absolute atomic E-state index is 0.0756. The van der Waals surface area contributed by atoms with Crippen molar-refractivity contribution in [1.82, 2.24) is 5.32 Å². The van der Waals surface area contributed by atoms with Gasteiger partial charge in [-0.3, -0.25) is 0 Å². The summed E-state index contributed by atoms with van der Waals surface area (Å²) in [4.78, 5) is 0. The molecular weight excluding hydrogens is 226 g/mol. The largest absolute Gasteiger partial charge is 0.493 e. The van der Waals surface area contributed by atoms with Crippen molar-refractivity contribution in [2.75, 3.05) is 13.2 Å². The molecule has 102 valence electrons. The van der Waals surface area contributed by atoms with Gasteiger partial charge in [-0.15, -0.1) is 0 Å². The van der Waals surface area contributed by atoms with Crippen molar-refractivity contribution in [1.29, 1.82) is 0 Å². The van der Waals surface area contributed by atoms with E-state index in [0.717, 1.165) is 17.9 Å². The summed E-state index contributed by atoms with van der Waals surface area (Å²) >= 11 is 0. The zero-order chi connectivity index (χ0) is 13.6. The van der Waals surface area contributed by atoms with Gasteiger partial charge >= 0.3 is 0 Å². The van der Waals surface area contributed by atoms with Gasteiger partial charge < -0.3 is 15.2 Å². The van der Waals surface area contributed by atoms with Crippen molar-refractivity contribution in [3.63, 3.8) is 0 Å². The molecule has 1 atom stereocenters. The van der Waals surface area contributed by atoms with Gasteiger partial charge in [0.1, 0.15) is 5.75 Å². The molecule has 1 aromatic carbocycles. The average Bonchev–Trinajstić information content (AvgIpc) is 2.33. The summed E-state index contributed by atoms with van der Waals surface area (Å²) in [5.74, 6) is 1.32. The lowest BCUT2D eigenvalue weighted by Gasteiger charge is -2.23. The van der Waals surface area contributed by atoms with Crippen LogP contribution in [0.4, 0.5) is 0 Å². The van der Waals surface area contributed by atoms with Gasteiger partial charge in [0.25, 0.3) is 0 Å². The Morgan fingerprint density at radius 2 is 1.83 bits per heavy atom. The maximum atomic E-state index is 8.94. The first-order valence-corrected chi connectivity index (χ1v) is 6.48. The Bertz CT molecular complexity index is 341. The Kier molecular flexibility index (Phi) is 5.63. The summed E-state index contributed by atoms with van der Waals surface area (Å²) in [5, 5.41) is 12.4. The molecule has 0 spiro atoms. The minimum Gasteiger partial charge on any atom is -0.493 e. The maximum Gasteiger partial charge on any atom is 0.119 e. The van der Waals surface area contributed by atoms with Crippen LogP contribution in [0.5, 0.6) is 5.75 Å². The minimum atomic E-state index is 0.0756. The number of aliphatic hydroxyl groups excluding tert-OH is 1. The van der Waals surface area contributed by atoms with Crippen LogP contribution in [0.3, 0.4) is 0 Å². The fourth-order valence-electron chi connectivity index (χ4n) is 1.47. The van der Waals surface area contributed by atoms with E-state index in [-0.39, 0.29) is 12.1 Å². The van der Waals surface area contributed by atoms with Crippen LogP contribution in [0.1, 0.15) is 33.3 Å². The maximum absolute atomic E-state index is 8.94. The smallest absolute Gasteiger partial charge is 0.119 e. The lowest BCUT2D eigenvalue weighted by molar-refractivity contribution is 0.244. The fraction of sp³-hybridized carbons (Fsp3) is 0.600. The third-order valence-electron chi connectivity index (χ3n) is 2.62. The van der Waals surface area contributed by atoms with Crippen LogP contribution >= 0.6 is 0 Å². The van der Waals surface area contributed by atoms with E-state index in [0.29, 0.717) is 12.5 Å². The Balaban J connectivity index is 2.31. The molecule has 3 nitrogen and oxygen atoms in total. The summed E-state index contributed by atoms with van der Waals surface area (Å²) in [6.45, 7) is 10.4. The van der Waals surface area contributed by atoms with E-state index in [1.807, 2.05) is 24.3 Å². The third kappa shape index (κ3) is 6.03. The van der Waals surface area contributed by atoms with E-state index in [9.17, 15) is 0 Å². The van der Waals surface area contributed by atoms with Crippen LogP contribution in [0.2, 0.25) is 0 Å². The Hall–Kier alpha value is -1.06. The van der Waals surface area contributed by atoms with E-state index in [1.54, 1.807) is 0 Å². The number of hydrogen-bond acceptors (Lipinski definition) is 3. The monoisotopic (exact) mass is 251 g/mol. The summed E-state index contributed by atoms with van der Waals surface area (Å²) in [7, 11) is 0. The third-order valence-corrected chi connectivity index (χ3v) is 2.62. The predicted octanol–water partition coefficient (Wildman–Crippen LogP) is 2.58. The van der Waals surface area contributed by atoms with Gasteiger partial charge in [-0.2, -0.15) is 0 Å². The molecule has 3 heteroatoms. The summed E-state index contributed by atoms with van der Waals surface area (Å²) in [6.07, 6.45) is 0. The summed E-state index contributed by atoms with van der Waals surface area (Å²) in [6, 6.07) is 7.56. The van der Waals surface area contributed by atoms with Crippen LogP contribution in [0.25, 0.3) is 0 Å². The molecule has 0 saturated heterocycles. The molecule has 18 heavy (non-hydrogen) atoms. The second-order valence-electron chi connectivity index (χ2n) is 5.85. The number of aliphatic hydroxyl groups is 1. The van der Waals surface area contributed by atoms with E-state index < -0.39 is 0 Å². The lowest BCUT2D eigenvalue weighted by Crippen LogP contribution is -2.39. The van der Waals surface area contributed by atoms with Crippen molar-refractivity contribution in [3.05, 3.63) is 29.8 Å². The molecule has 0 saturated carbocycles. The first kappa shape index (κ1) is 15.0. The molecule has 0 radical (unpaired) electrons. The van der Waals surface area contributed by atoms with Crippen LogP contribution in [-0.4, -0.2) is 23.8 Å². The normalized spacial score (nSPS) is 13.4. The average molecular weight is 251 g/mol. The van der Waals surface area contributed by atoms with Crippen molar-refractivity contribution < 1.29 is 9.84 Å². The fourth-order valence-corrected chi connectivity index (χ4v) is 1.47. The highest BCUT2D eigenvalue weighted by molar-refractivity contribution is 5.26. The van der Waals surface area contributed by atoms with Crippen molar-refractivity contribution in [3.8, 4) is 5.75 Å². The molecule has 0 aliphatic carbocycles. The van der Waals surface area contributed by atoms with Gasteiger partial charge in [-0.1, -0.05) is 19.1 Å². The first-order chi connectivity index (χ1) is 8.40. The number of hydrogen-bond donors (Lipinski definition) is 2. The van der Waals surface area contributed by atoms with E-state index in [2.05, 4.69) is 33.0 Å². The Morgan fingerprint density at radius 1 is 1.22 bits per heavy atom. The molecule has 2 N–H and O–H groups in total. The highest BCUT2D eigenvalue weighted by Gasteiger charge is 2.11. The molecular formula is C15H25NO2. The van der Waals surface area contributed by atoms with E-state index in [4.69, 9.17) is 9.84 Å². The van der Waals surface area contributed by atoms with Crippen LogP contribution in [0.15, 0.2) is 24.3 Å². The molecule has 0 aliphatic rings.